The Bertz CT molecular complexity index is 386. The Morgan fingerprint density at radius 2 is 1.44 bits per heavy atom. The van der Waals surface area contributed by atoms with Crippen molar-refractivity contribution in [2.45, 2.75) is 58.3 Å². The summed E-state index contributed by atoms with van der Waals surface area (Å²) in [5.41, 5.74) is 4.13. The van der Waals surface area contributed by atoms with Gasteiger partial charge in [0.05, 0.1) is 0 Å². The first-order chi connectivity index (χ1) is 7.26. The molecular formula is C15H22O. The summed E-state index contributed by atoms with van der Waals surface area (Å²) in [6, 6.07) is 3.88. The number of hydrogen-bond donors (Lipinski definition) is 1. The van der Waals surface area contributed by atoms with Gasteiger partial charge in [0.25, 0.3) is 0 Å². The first-order valence-corrected chi connectivity index (χ1v) is 6.09. The van der Waals surface area contributed by atoms with Gasteiger partial charge in [0.1, 0.15) is 5.75 Å². The van der Waals surface area contributed by atoms with Crippen LogP contribution < -0.4 is 0 Å². The highest BCUT2D eigenvalue weighted by molar-refractivity contribution is 5.52. The molecule has 1 aliphatic rings. The highest BCUT2D eigenvalue weighted by Gasteiger charge is 2.39. The number of fused-ring (bicyclic) bond motifs is 1. The van der Waals surface area contributed by atoms with E-state index >= 15 is 0 Å². The Hall–Kier alpha value is -0.980. The van der Waals surface area contributed by atoms with E-state index in [1.54, 1.807) is 0 Å². The van der Waals surface area contributed by atoms with E-state index in [0.29, 0.717) is 5.75 Å². The number of phenols is 1. The van der Waals surface area contributed by atoms with Crippen LogP contribution in [0.25, 0.3) is 0 Å². The monoisotopic (exact) mass is 218 g/mol. The average molecular weight is 218 g/mol. The van der Waals surface area contributed by atoms with Crippen LogP contribution in [-0.4, -0.2) is 5.11 Å². The second-order valence-electron chi connectivity index (χ2n) is 6.42. The van der Waals surface area contributed by atoms with Gasteiger partial charge < -0.3 is 5.11 Å². The van der Waals surface area contributed by atoms with Crippen LogP contribution >= 0.6 is 0 Å². The Labute approximate surface area is 98.5 Å². The zero-order valence-electron chi connectivity index (χ0n) is 11.0. The maximum atomic E-state index is 10.1. The van der Waals surface area contributed by atoms with Crippen molar-refractivity contribution in [2.75, 3.05) is 0 Å². The van der Waals surface area contributed by atoms with Gasteiger partial charge in [-0.25, -0.2) is 0 Å². The van der Waals surface area contributed by atoms with Gasteiger partial charge in [-0.1, -0.05) is 33.8 Å². The van der Waals surface area contributed by atoms with E-state index in [1.807, 2.05) is 12.1 Å². The van der Waals surface area contributed by atoms with Gasteiger partial charge in [0.15, 0.2) is 0 Å². The van der Waals surface area contributed by atoms with E-state index in [1.165, 1.54) is 23.1 Å². The average Bonchev–Trinajstić information content (AvgIpc) is 2.16. The number of benzene rings is 1. The smallest absolute Gasteiger partial charge is 0.119 e. The molecular weight excluding hydrogens is 196 g/mol. The summed E-state index contributed by atoms with van der Waals surface area (Å²) in [7, 11) is 0. The van der Waals surface area contributed by atoms with Gasteiger partial charge in [-0.05, 0) is 47.8 Å². The van der Waals surface area contributed by atoms with Crippen molar-refractivity contribution in [3.8, 4) is 5.75 Å². The van der Waals surface area contributed by atoms with Crippen molar-refractivity contribution >= 4 is 0 Å². The number of phenolic OH excluding ortho intramolecular Hbond substituents is 1. The molecule has 0 atom stereocenters. The summed E-state index contributed by atoms with van der Waals surface area (Å²) in [5.74, 6) is 0.471. The molecule has 1 aromatic rings. The van der Waals surface area contributed by atoms with Crippen LogP contribution in [0.15, 0.2) is 12.1 Å². The van der Waals surface area contributed by atoms with Gasteiger partial charge in [0.2, 0.25) is 0 Å². The van der Waals surface area contributed by atoms with Crippen molar-refractivity contribution in [1.82, 2.24) is 0 Å². The fourth-order valence-corrected chi connectivity index (χ4v) is 3.13. The molecule has 0 spiro atoms. The Kier molecular flexibility index (Phi) is 2.34. The van der Waals surface area contributed by atoms with E-state index < -0.39 is 0 Å². The molecule has 0 aromatic heterocycles. The third kappa shape index (κ3) is 1.53. The normalized spacial score (nSPS) is 21.6. The van der Waals surface area contributed by atoms with Crippen LogP contribution in [0.2, 0.25) is 0 Å². The molecule has 0 aliphatic heterocycles. The molecule has 0 unspecified atom stereocenters. The largest absolute Gasteiger partial charge is 0.508 e. The molecule has 2 rings (SSSR count). The molecule has 88 valence electrons. The van der Waals surface area contributed by atoms with Crippen LogP contribution in [-0.2, 0) is 10.8 Å². The molecule has 1 heteroatoms. The molecule has 1 N–H and O–H groups in total. The van der Waals surface area contributed by atoms with E-state index in [4.69, 9.17) is 0 Å². The Morgan fingerprint density at radius 3 is 1.94 bits per heavy atom. The topological polar surface area (TPSA) is 20.2 Å². The van der Waals surface area contributed by atoms with Crippen LogP contribution in [0.3, 0.4) is 0 Å². The molecule has 1 nitrogen and oxygen atoms in total. The molecule has 1 aliphatic carbocycles. The summed E-state index contributed by atoms with van der Waals surface area (Å²) in [6.07, 6.45) is 2.33. The highest BCUT2D eigenvalue weighted by atomic mass is 16.3. The predicted molar refractivity (Wildman–Crippen MR) is 68.1 cm³/mol. The second kappa shape index (κ2) is 3.26. The molecule has 0 radical (unpaired) electrons. The fourth-order valence-electron chi connectivity index (χ4n) is 3.13. The summed E-state index contributed by atoms with van der Waals surface area (Å²) in [5, 5.41) is 10.1. The zero-order chi connectivity index (χ0) is 12.1. The molecule has 0 fully saturated rings. The van der Waals surface area contributed by atoms with Crippen molar-refractivity contribution in [3.63, 3.8) is 0 Å². The lowest BCUT2D eigenvalue weighted by Gasteiger charge is -2.43. The third-order valence-electron chi connectivity index (χ3n) is 4.12. The number of hydrogen-bond acceptors (Lipinski definition) is 1. The highest BCUT2D eigenvalue weighted by Crippen LogP contribution is 2.50. The minimum atomic E-state index is 0.0982. The molecule has 0 bridgehead atoms. The number of rotatable bonds is 0. The van der Waals surface area contributed by atoms with Gasteiger partial charge in [-0.3, -0.25) is 0 Å². The predicted octanol–water partition coefficient (Wildman–Crippen LogP) is 4.05. The van der Waals surface area contributed by atoms with Gasteiger partial charge >= 0.3 is 0 Å². The van der Waals surface area contributed by atoms with Crippen LogP contribution in [0, 0.1) is 6.92 Å². The molecule has 1 aromatic carbocycles. The lowest BCUT2D eigenvalue weighted by molar-refractivity contribution is 0.316. The summed E-state index contributed by atoms with van der Waals surface area (Å²) < 4.78 is 0. The van der Waals surface area contributed by atoms with E-state index in [0.717, 1.165) is 6.42 Å². The zero-order valence-corrected chi connectivity index (χ0v) is 11.0. The van der Waals surface area contributed by atoms with E-state index in [2.05, 4.69) is 34.6 Å². The minimum Gasteiger partial charge on any atom is -0.508 e. The molecule has 0 saturated heterocycles. The molecule has 0 heterocycles. The van der Waals surface area contributed by atoms with Crippen molar-refractivity contribution < 1.29 is 5.11 Å². The standard InChI is InChI=1S/C15H22O/c1-10-6-7-11(16)13-12(10)14(2,3)8-9-15(13,4)5/h6-7,16H,8-9H2,1-5H3. The first-order valence-electron chi connectivity index (χ1n) is 6.09. The van der Waals surface area contributed by atoms with E-state index in [9.17, 15) is 5.11 Å². The second-order valence-corrected chi connectivity index (χ2v) is 6.42. The van der Waals surface area contributed by atoms with Crippen LogP contribution in [0.1, 0.15) is 57.2 Å². The maximum absolute atomic E-state index is 10.1. The summed E-state index contributed by atoms with van der Waals surface area (Å²) >= 11 is 0. The lowest BCUT2D eigenvalue weighted by Crippen LogP contribution is -2.34. The molecule has 0 saturated carbocycles. The Balaban J connectivity index is 2.79. The number of aryl methyl sites for hydroxylation is 1. The van der Waals surface area contributed by atoms with Crippen LogP contribution in [0.5, 0.6) is 5.75 Å². The quantitative estimate of drug-likeness (QED) is 0.696. The van der Waals surface area contributed by atoms with Crippen molar-refractivity contribution in [2.24, 2.45) is 0 Å². The summed E-state index contributed by atoms with van der Waals surface area (Å²) in [4.78, 5) is 0. The molecule has 16 heavy (non-hydrogen) atoms. The Morgan fingerprint density at radius 1 is 0.938 bits per heavy atom. The number of aromatic hydroxyl groups is 1. The fraction of sp³-hybridized carbons (Fsp3) is 0.600. The maximum Gasteiger partial charge on any atom is 0.119 e. The van der Waals surface area contributed by atoms with Gasteiger partial charge in [0, 0.05) is 5.56 Å². The third-order valence-corrected chi connectivity index (χ3v) is 4.12. The lowest BCUT2D eigenvalue weighted by atomic mass is 9.62. The van der Waals surface area contributed by atoms with Crippen molar-refractivity contribution in [3.05, 3.63) is 28.8 Å². The van der Waals surface area contributed by atoms with Crippen molar-refractivity contribution in [1.29, 1.82) is 0 Å². The van der Waals surface area contributed by atoms with Gasteiger partial charge in [-0.15, -0.1) is 0 Å². The van der Waals surface area contributed by atoms with Gasteiger partial charge in [-0.2, -0.15) is 0 Å². The summed E-state index contributed by atoms with van der Waals surface area (Å²) in [6.45, 7) is 11.2. The SMILES string of the molecule is Cc1ccc(O)c2c1C(C)(C)CCC2(C)C. The molecule has 0 amide bonds. The first kappa shape index (κ1) is 11.5. The van der Waals surface area contributed by atoms with E-state index in [-0.39, 0.29) is 10.8 Å². The van der Waals surface area contributed by atoms with Crippen LogP contribution in [0.4, 0.5) is 0 Å². The minimum absolute atomic E-state index is 0.0982.